The third kappa shape index (κ3) is 3.71. The largest absolute Gasteiger partial charge is 0.371 e. The highest BCUT2D eigenvalue weighted by atomic mass is 79.9. The maximum Gasteiger partial charge on any atom is 0.123 e. The van der Waals surface area contributed by atoms with Gasteiger partial charge >= 0.3 is 0 Å². The SMILES string of the molecule is CCN(CC1(CBr)CCCCC1)c1ccc(F)cc1. The summed E-state index contributed by atoms with van der Waals surface area (Å²) in [7, 11) is 0. The standard InChI is InChI=1S/C16H23BrFN/c1-2-19(15-8-6-14(18)7-9-15)13-16(12-17)10-4-3-5-11-16/h6-9H,2-5,10-13H2,1H3. The second-order valence-corrected chi connectivity index (χ2v) is 6.25. The molecule has 1 aromatic carbocycles. The van der Waals surface area contributed by atoms with Gasteiger partial charge in [0, 0.05) is 24.1 Å². The number of nitrogens with zero attached hydrogens (tertiary/aromatic N) is 1. The van der Waals surface area contributed by atoms with E-state index in [2.05, 4.69) is 27.8 Å². The van der Waals surface area contributed by atoms with E-state index >= 15 is 0 Å². The molecule has 106 valence electrons. The number of anilines is 1. The predicted molar refractivity (Wildman–Crippen MR) is 83.6 cm³/mol. The molecule has 0 N–H and O–H groups in total. The average Bonchev–Trinajstić information content (AvgIpc) is 2.47. The van der Waals surface area contributed by atoms with Gasteiger partial charge in [-0.2, -0.15) is 0 Å². The molecule has 0 unspecified atom stereocenters. The number of alkyl halides is 1. The van der Waals surface area contributed by atoms with Gasteiger partial charge in [0.05, 0.1) is 0 Å². The highest BCUT2D eigenvalue weighted by Gasteiger charge is 2.32. The Morgan fingerprint density at radius 1 is 1.16 bits per heavy atom. The lowest BCUT2D eigenvalue weighted by molar-refractivity contribution is 0.229. The molecule has 1 aliphatic rings. The van der Waals surface area contributed by atoms with Crippen LogP contribution in [0.3, 0.4) is 0 Å². The van der Waals surface area contributed by atoms with Crippen molar-refractivity contribution in [3.63, 3.8) is 0 Å². The van der Waals surface area contributed by atoms with Crippen LogP contribution >= 0.6 is 15.9 Å². The van der Waals surface area contributed by atoms with Crippen LogP contribution in [0, 0.1) is 11.2 Å². The van der Waals surface area contributed by atoms with E-state index in [-0.39, 0.29) is 5.82 Å². The van der Waals surface area contributed by atoms with E-state index in [0.29, 0.717) is 5.41 Å². The van der Waals surface area contributed by atoms with Gasteiger partial charge in [-0.3, -0.25) is 0 Å². The summed E-state index contributed by atoms with van der Waals surface area (Å²) in [4.78, 5) is 2.38. The number of hydrogen-bond acceptors (Lipinski definition) is 1. The molecule has 0 atom stereocenters. The molecular weight excluding hydrogens is 305 g/mol. The van der Waals surface area contributed by atoms with E-state index < -0.39 is 0 Å². The van der Waals surface area contributed by atoms with Crippen LogP contribution in [0.5, 0.6) is 0 Å². The fraction of sp³-hybridized carbons (Fsp3) is 0.625. The minimum Gasteiger partial charge on any atom is -0.371 e. The van der Waals surface area contributed by atoms with E-state index in [0.717, 1.165) is 24.1 Å². The topological polar surface area (TPSA) is 3.24 Å². The summed E-state index contributed by atoms with van der Waals surface area (Å²) < 4.78 is 13.0. The van der Waals surface area contributed by atoms with Crippen LogP contribution in [0.1, 0.15) is 39.0 Å². The maximum atomic E-state index is 13.0. The molecule has 1 aromatic rings. The van der Waals surface area contributed by atoms with Crippen LogP contribution in [0.4, 0.5) is 10.1 Å². The average molecular weight is 328 g/mol. The van der Waals surface area contributed by atoms with Crippen LogP contribution in [0.15, 0.2) is 24.3 Å². The van der Waals surface area contributed by atoms with Gasteiger partial charge in [-0.05, 0) is 49.4 Å². The Balaban J connectivity index is 2.11. The summed E-state index contributed by atoms with van der Waals surface area (Å²) in [6.45, 7) is 4.22. The van der Waals surface area contributed by atoms with Crippen molar-refractivity contribution in [1.29, 1.82) is 0 Å². The van der Waals surface area contributed by atoms with Gasteiger partial charge in [-0.15, -0.1) is 0 Å². The first kappa shape index (κ1) is 14.8. The molecule has 0 amide bonds. The van der Waals surface area contributed by atoms with E-state index in [1.165, 1.54) is 32.1 Å². The summed E-state index contributed by atoms with van der Waals surface area (Å²) in [5.41, 5.74) is 1.53. The molecule has 0 bridgehead atoms. The highest BCUT2D eigenvalue weighted by molar-refractivity contribution is 9.09. The molecule has 0 aromatic heterocycles. The van der Waals surface area contributed by atoms with E-state index in [1.54, 1.807) is 12.1 Å². The molecule has 2 rings (SSSR count). The lowest BCUT2D eigenvalue weighted by Crippen LogP contribution is -2.40. The number of hydrogen-bond donors (Lipinski definition) is 0. The second-order valence-electron chi connectivity index (χ2n) is 5.68. The molecule has 1 fully saturated rings. The Morgan fingerprint density at radius 2 is 1.79 bits per heavy atom. The van der Waals surface area contributed by atoms with Crippen molar-refractivity contribution in [3.05, 3.63) is 30.1 Å². The lowest BCUT2D eigenvalue weighted by atomic mass is 9.75. The normalized spacial score (nSPS) is 18.3. The van der Waals surface area contributed by atoms with Crippen molar-refractivity contribution in [3.8, 4) is 0 Å². The molecule has 1 saturated carbocycles. The number of rotatable bonds is 5. The lowest BCUT2D eigenvalue weighted by Gasteiger charge is -2.40. The quantitative estimate of drug-likeness (QED) is 0.688. The third-order valence-corrected chi connectivity index (χ3v) is 5.49. The van der Waals surface area contributed by atoms with Crippen molar-refractivity contribution in [2.45, 2.75) is 39.0 Å². The highest BCUT2D eigenvalue weighted by Crippen LogP contribution is 2.39. The Bertz CT molecular complexity index is 384. The van der Waals surface area contributed by atoms with Crippen molar-refractivity contribution < 1.29 is 4.39 Å². The van der Waals surface area contributed by atoms with Crippen LogP contribution in [-0.4, -0.2) is 18.4 Å². The van der Waals surface area contributed by atoms with Gasteiger partial charge in [0.25, 0.3) is 0 Å². The van der Waals surface area contributed by atoms with Crippen LogP contribution in [0.2, 0.25) is 0 Å². The van der Waals surface area contributed by atoms with Crippen LogP contribution in [-0.2, 0) is 0 Å². The Kier molecular flexibility index (Phi) is 5.26. The minimum atomic E-state index is -0.160. The van der Waals surface area contributed by atoms with Crippen molar-refractivity contribution in [2.75, 3.05) is 23.3 Å². The molecule has 1 nitrogen and oxygen atoms in total. The fourth-order valence-corrected chi connectivity index (χ4v) is 3.82. The Morgan fingerprint density at radius 3 is 2.32 bits per heavy atom. The summed E-state index contributed by atoms with van der Waals surface area (Å²) in [6.07, 6.45) is 6.66. The smallest absolute Gasteiger partial charge is 0.123 e. The van der Waals surface area contributed by atoms with E-state index in [9.17, 15) is 4.39 Å². The Labute approximate surface area is 124 Å². The summed E-state index contributed by atoms with van der Waals surface area (Å²) >= 11 is 3.72. The molecule has 0 saturated heterocycles. The molecule has 0 heterocycles. The molecule has 0 aliphatic heterocycles. The van der Waals surface area contributed by atoms with Crippen molar-refractivity contribution >= 4 is 21.6 Å². The Hall–Kier alpha value is -0.570. The molecule has 0 radical (unpaired) electrons. The first-order valence-electron chi connectivity index (χ1n) is 7.25. The molecular formula is C16H23BrFN. The first-order chi connectivity index (χ1) is 9.19. The van der Waals surface area contributed by atoms with E-state index in [4.69, 9.17) is 0 Å². The molecule has 1 aliphatic carbocycles. The predicted octanol–water partition coefficient (Wildman–Crippen LogP) is 5.00. The van der Waals surface area contributed by atoms with Gasteiger partial charge in [0.1, 0.15) is 5.82 Å². The molecule has 19 heavy (non-hydrogen) atoms. The van der Waals surface area contributed by atoms with E-state index in [1.807, 2.05) is 12.1 Å². The second kappa shape index (κ2) is 6.74. The summed E-state index contributed by atoms with van der Waals surface area (Å²) in [6, 6.07) is 6.90. The zero-order valence-electron chi connectivity index (χ0n) is 11.7. The van der Waals surface area contributed by atoms with Gasteiger partial charge in [0.15, 0.2) is 0 Å². The van der Waals surface area contributed by atoms with Crippen molar-refractivity contribution in [2.24, 2.45) is 5.41 Å². The maximum absolute atomic E-state index is 13.0. The van der Waals surface area contributed by atoms with Crippen LogP contribution < -0.4 is 4.90 Å². The molecule has 3 heteroatoms. The minimum absolute atomic E-state index is 0.160. The number of benzene rings is 1. The van der Waals surface area contributed by atoms with Crippen LogP contribution in [0.25, 0.3) is 0 Å². The first-order valence-corrected chi connectivity index (χ1v) is 8.38. The zero-order chi connectivity index (χ0) is 13.7. The van der Waals surface area contributed by atoms with Gasteiger partial charge in [0.2, 0.25) is 0 Å². The van der Waals surface area contributed by atoms with Gasteiger partial charge in [-0.25, -0.2) is 4.39 Å². The molecule has 0 spiro atoms. The van der Waals surface area contributed by atoms with Gasteiger partial charge < -0.3 is 4.90 Å². The summed E-state index contributed by atoms with van der Waals surface area (Å²) in [5.74, 6) is -0.160. The summed E-state index contributed by atoms with van der Waals surface area (Å²) in [5, 5.41) is 1.07. The van der Waals surface area contributed by atoms with Gasteiger partial charge in [-0.1, -0.05) is 35.2 Å². The zero-order valence-corrected chi connectivity index (χ0v) is 13.3. The van der Waals surface area contributed by atoms with Crippen molar-refractivity contribution in [1.82, 2.24) is 0 Å². The third-order valence-electron chi connectivity index (χ3n) is 4.30. The fourth-order valence-electron chi connectivity index (χ4n) is 3.08. The monoisotopic (exact) mass is 327 g/mol. The number of halogens is 2.